The Bertz CT molecular complexity index is 222. The Morgan fingerprint density at radius 2 is 2.10 bits per heavy atom. The third-order valence-electron chi connectivity index (χ3n) is 1.09. The van der Waals surface area contributed by atoms with Crippen LogP contribution < -0.4 is 15.2 Å². The van der Waals surface area contributed by atoms with E-state index in [9.17, 15) is 0 Å². The third-order valence-corrected chi connectivity index (χ3v) is 2.16. The zero-order valence-corrected chi connectivity index (χ0v) is 6.70. The lowest BCUT2D eigenvalue weighted by Gasteiger charge is -1.92. The van der Waals surface area contributed by atoms with Gasteiger partial charge in [0.15, 0.2) is 5.06 Å². The second kappa shape index (κ2) is 2.79. The van der Waals surface area contributed by atoms with Gasteiger partial charge in [-0.1, -0.05) is 11.3 Å². The van der Waals surface area contributed by atoms with Gasteiger partial charge in [0.05, 0.1) is 19.9 Å². The molecule has 0 saturated heterocycles. The molecule has 0 atom stereocenters. The highest BCUT2D eigenvalue weighted by Gasteiger charge is 2.04. The second-order valence-electron chi connectivity index (χ2n) is 1.72. The van der Waals surface area contributed by atoms with Gasteiger partial charge in [0.25, 0.3) is 0 Å². The molecule has 0 saturated carbocycles. The maximum atomic E-state index is 5.53. The molecule has 1 rings (SSSR count). The predicted octanol–water partition coefficient (Wildman–Crippen LogP) is 1.35. The van der Waals surface area contributed by atoms with Crippen molar-refractivity contribution in [3.8, 4) is 10.1 Å². The molecule has 0 amide bonds. The van der Waals surface area contributed by atoms with Crippen LogP contribution in [0.2, 0.25) is 0 Å². The van der Waals surface area contributed by atoms with E-state index in [-0.39, 0.29) is 0 Å². The average Bonchev–Trinajstić information content (AvgIpc) is 2.30. The van der Waals surface area contributed by atoms with Crippen molar-refractivity contribution >= 4 is 17.0 Å². The summed E-state index contributed by atoms with van der Waals surface area (Å²) < 4.78 is 9.88. The Labute approximate surface area is 63.4 Å². The van der Waals surface area contributed by atoms with Gasteiger partial charge in [-0.05, 0) is 0 Å². The zero-order valence-electron chi connectivity index (χ0n) is 5.88. The van der Waals surface area contributed by atoms with E-state index in [2.05, 4.69) is 0 Å². The van der Waals surface area contributed by atoms with Crippen molar-refractivity contribution in [2.24, 2.45) is 0 Å². The number of hydrogen-bond donors (Lipinski definition) is 1. The molecule has 0 aromatic carbocycles. The molecule has 0 radical (unpaired) electrons. The molecule has 0 aliphatic rings. The Balaban J connectivity index is 2.92. The van der Waals surface area contributed by atoms with Crippen LogP contribution in [-0.2, 0) is 0 Å². The molecule has 0 spiro atoms. The van der Waals surface area contributed by atoms with Gasteiger partial charge in [-0.3, -0.25) is 0 Å². The average molecular weight is 159 g/mol. The summed E-state index contributed by atoms with van der Waals surface area (Å²) in [6, 6.07) is 1.74. The maximum absolute atomic E-state index is 5.53. The minimum absolute atomic E-state index is 0.629. The van der Waals surface area contributed by atoms with Crippen LogP contribution in [0.25, 0.3) is 0 Å². The Kier molecular flexibility index (Phi) is 2.01. The highest BCUT2D eigenvalue weighted by atomic mass is 32.1. The van der Waals surface area contributed by atoms with Crippen molar-refractivity contribution in [1.82, 2.24) is 0 Å². The molecular weight excluding hydrogens is 150 g/mol. The molecule has 0 aliphatic carbocycles. The quantitative estimate of drug-likeness (QED) is 0.708. The number of thiophene rings is 1. The molecule has 2 N–H and O–H groups in total. The number of methoxy groups -OCH3 is 2. The van der Waals surface area contributed by atoms with Crippen LogP contribution in [0.3, 0.4) is 0 Å². The minimum atomic E-state index is 0.629. The Morgan fingerprint density at radius 1 is 1.40 bits per heavy atom. The highest BCUT2D eigenvalue weighted by molar-refractivity contribution is 7.16. The lowest BCUT2D eigenvalue weighted by molar-refractivity contribution is 0.424. The van der Waals surface area contributed by atoms with E-state index in [1.807, 2.05) is 0 Å². The molecular formula is C6H9NO2S. The molecule has 1 aromatic rings. The first-order valence-electron chi connectivity index (χ1n) is 2.75. The molecule has 56 valence electrons. The molecule has 1 heterocycles. The van der Waals surface area contributed by atoms with Crippen molar-refractivity contribution in [1.29, 1.82) is 0 Å². The van der Waals surface area contributed by atoms with Gasteiger partial charge in [-0.15, -0.1) is 0 Å². The van der Waals surface area contributed by atoms with Gasteiger partial charge in [-0.25, -0.2) is 0 Å². The standard InChI is InChI=1S/C6H9NO2S/c1-8-5-3-4(7)6(9-2)10-5/h3H,7H2,1-2H3. The number of anilines is 1. The van der Waals surface area contributed by atoms with Crippen molar-refractivity contribution in [2.75, 3.05) is 20.0 Å². The third kappa shape index (κ3) is 1.16. The number of nitrogens with two attached hydrogens (primary N) is 1. The van der Waals surface area contributed by atoms with E-state index in [0.29, 0.717) is 10.8 Å². The highest BCUT2D eigenvalue weighted by Crippen LogP contribution is 2.37. The number of hydrogen-bond acceptors (Lipinski definition) is 4. The number of rotatable bonds is 2. The van der Waals surface area contributed by atoms with Crippen molar-refractivity contribution < 1.29 is 9.47 Å². The number of nitrogen functional groups attached to an aromatic ring is 1. The topological polar surface area (TPSA) is 44.5 Å². The van der Waals surface area contributed by atoms with E-state index in [1.165, 1.54) is 11.3 Å². The van der Waals surface area contributed by atoms with E-state index in [4.69, 9.17) is 15.2 Å². The first-order valence-corrected chi connectivity index (χ1v) is 3.57. The molecule has 10 heavy (non-hydrogen) atoms. The van der Waals surface area contributed by atoms with Crippen LogP contribution in [-0.4, -0.2) is 14.2 Å². The van der Waals surface area contributed by atoms with Crippen LogP contribution in [0.5, 0.6) is 10.1 Å². The summed E-state index contributed by atoms with van der Waals surface area (Å²) in [6.45, 7) is 0. The fourth-order valence-corrected chi connectivity index (χ4v) is 1.34. The van der Waals surface area contributed by atoms with Gasteiger partial charge >= 0.3 is 0 Å². The summed E-state index contributed by atoms with van der Waals surface area (Å²) in [7, 11) is 3.19. The van der Waals surface area contributed by atoms with Crippen LogP contribution >= 0.6 is 11.3 Å². The van der Waals surface area contributed by atoms with E-state index < -0.39 is 0 Å². The molecule has 4 heteroatoms. The molecule has 0 fully saturated rings. The van der Waals surface area contributed by atoms with Gasteiger partial charge in [0.1, 0.15) is 0 Å². The smallest absolute Gasteiger partial charge is 0.200 e. The summed E-state index contributed by atoms with van der Waals surface area (Å²) in [5.74, 6) is 0. The van der Waals surface area contributed by atoms with Gasteiger partial charge in [0, 0.05) is 6.07 Å². The summed E-state index contributed by atoms with van der Waals surface area (Å²) >= 11 is 1.39. The Hall–Kier alpha value is -0.900. The number of ether oxygens (including phenoxy) is 2. The zero-order chi connectivity index (χ0) is 7.56. The minimum Gasteiger partial charge on any atom is -0.487 e. The molecule has 0 aliphatic heterocycles. The van der Waals surface area contributed by atoms with Gasteiger partial charge in [0.2, 0.25) is 5.06 Å². The van der Waals surface area contributed by atoms with Gasteiger partial charge < -0.3 is 15.2 Å². The monoisotopic (exact) mass is 159 g/mol. The molecule has 0 unspecified atom stereocenters. The second-order valence-corrected chi connectivity index (χ2v) is 2.69. The maximum Gasteiger partial charge on any atom is 0.200 e. The van der Waals surface area contributed by atoms with E-state index in [0.717, 1.165) is 5.06 Å². The van der Waals surface area contributed by atoms with Crippen LogP contribution in [0, 0.1) is 0 Å². The molecule has 0 bridgehead atoms. The Morgan fingerprint density at radius 3 is 2.40 bits per heavy atom. The molecule has 3 nitrogen and oxygen atoms in total. The lowest BCUT2D eigenvalue weighted by atomic mass is 10.5. The summed E-state index contributed by atoms with van der Waals surface area (Å²) in [6.07, 6.45) is 0. The summed E-state index contributed by atoms with van der Waals surface area (Å²) in [5, 5.41) is 1.48. The molecule has 1 aromatic heterocycles. The van der Waals surface area contributed by atoms with Crippen molar-refractivity contribution in [2.45, 2.75) is 0 Å². The fourth-order valence-electron chi connectivity index (χ4n) is 0.626. The fraction of sp³-hybridized carbons (Fsp3) is 0.333. The van der Waals surface area contributed by atoms with Crippen LogP contribution in [0.1, 0.15) is 0 Å². The van der Waals surface area contributed by atoms with Crippen LogP contribution in [0.15, 0.2) is 6.07 Å². The summed E-state index contributed by atoms with van der Waals surface area (Å²) in [4.78, 5) is 0. The van der Waals surface area contributed by atoms with E-state index >= 15 is 0 Å². The first kappa shape index (κ1) is 7.21. The lowest BCUT2D eigenvalue weighted by Crippen LogP contribution is -1.85. The largest absolute Gasteiger partial charge is 0.487 e. The summed E-state index contributed by atoms with van der Waals surface area (Å²) in [5.41, 5.74) is 6.16. The van der Waals surface area contributed by atoms with Crippen molar-refractivity contribution in [3.05, 3.63) is 6.07 Å². The van der Waals surface area contributed by atoms with Crippen molar-refractivity contribution in [3.63, 3.8) is 0 Å². The normalized spacial score (nSPS) is 9.40. The van der Waals surface area contributed by atoms with Crippen LogP contribution in [0.4, 0.5) is 5.69 Å². The first-order chi connectivity index (χ1) is 4.77. The van der Waals surface area contributed by atoms with E-state index in [1.54, 1.807) is 20.3 Å². The van der Waals surface area contributed by atoms with Gasteiger partial charge in [-0.2, -0.15) is 0 Å². The predicted molar refractivity (Wildman–Crippen MR) is 41.8 cm³/mol. The SMILES string of the molecule is COc1cc(N)c(OC)s1.